The van der Waals surface area contributed by atoms with Crippen molar-refractivity contribution in [1.82, 2.24) is 4.98 Å². The van der Waals surface area contributed by atoms with Crippen molar-refractivity contribution < 1.29 is 0 Å². The van der Waals surface area contributed by atoms with Crippen LogP contribution in [0, 0.1) is 6.92 Å². The van der Waals surface area contributed by atoms with Gasteiger partial charge in [-0.05, 0) is 31.5 Å². The summed E-state index contributed by atoms with van der Waals surface area (Å²) < 4.78 is 0. The molecule has 0 atom stereocenters. The Labute approximate surface area is 102 Å². The fraction of sp³-hybridized carbons (Fsp3) is 0.357. The first kappa shape index (κ1) is 11.9. The van der Waals surface area contributed by atoms with E-state index in [1.54, 1.807) is 0 Å². The van der Waals surface area contributed by atoms with Crippen molar-refractivity contribution in [1.29, 1.82) is 0 Å². The average Bonchev–Trinajstić information content (AvgIpc) is 2.35. The van der Waals surface area contributed by atoms with E-state index in [2.05, 4.69) is 36.9 Å². The highest BCUT2D eigenvalue weighted by atomic mass is 15.2. The molecule has 1 aromatic heterocycles. The minimum Gasteiger partial charge on any atom is -0.355 e. The number of aryl methyl sites for hydroxylation is 1. The summed E-state index contributed by atoms with van der Waals surface area (Å²) in [4.78, 5) is 6.96. The highest BCUT2D eigenvalue weighted by Crippen LogP contribution is 2.22. The monoisotopic (exact) mass is 229 g/mol. The average molecular weight is 229 g/mol. The number of nitrogens with two attached hydrogens (primary N) is 1. The quantitative estimate of drug-likeness (QED) is 0.875. The Morgan fingerprint density at radius 3 is 2.76 bits per heavy atom. The summed E-state index contributed by atoms with van der Waals surface area (Å²) in [5, 5.41) is 1.19. The van der Waals surface area contributed by atoms with Gasteiger partial charge in [-0.1, -0.05) is 18.2 Å². The third-order valence-electron chi connectivity index (χ3n) is 2.97. The van der Waals surface area contributed by atoms with E-state index < -0.39 is 0 Å². The second-order valence-electron chi connectivity index (χ2n) is 4.19. The van der Waals surface area contributed by atoms with Crippen LogP contribution in [0.25, 0.3) is 10.9 Å². The summed E-state index contributed by atoms with van der Waals surface area (Å²) >= 11 is 0. The first-order valence-electron chi connectivity index (χ1n) is 6.07. The Hall–Kier alpha value is -1.61. The zero-order chi connectivity index (χ0) is 12.3. The van der Waals surface area contributed by atoms with Crippen molar-refractivity contribution in [2.24, 2.45) is 5.73 Å². The van der Waals surface area contributed by atoms with Gasteiger partial charge in [0, 0.05) is 25.0 Å². The van der Waals surface area contributed by atoms with Gasteiger partial charge in [-0.25, -0.2) is 4.98 Å². The molecule has 0 aliphatic rings. The number of pyridine rings is 1. The smallest absolute Gasteiger partial charge is 0.132 e. The number of benzene rings is 1. The van der Waals surface area contributed by atoms with Gasteiger partial charge in [-0.15, -0.1) is 0 Å². The largest absolute Gasteiger partial charge is 0.355 e. The molecule has 0 radical (unpaired) electrons. The predicted molar refractivity (Wildman–Crippen MR) is 73.4 cm³/mol. The van der Waals surface area contributed by atoms with Gasteiger partial charge in [-0.2, -0.15) is 0 Å². The highest BCUT2D eigenvalue weighted by Gasteiger charge is 2.09. The van der Waals surface area contributed by atoms with Crippen LogP contribution in [-0.4, -0.2) is 24.6 Å². The van der Waals surface area contributed by atoms with E-state index >= 15 is 0 Å². The van der Waals surface area contributed by atoms with Gasteiger partial charge in [0.05, 0.1) is 5.52 Å². The number of fused-ring (bicyclic) bond motifs is 1. The van der Waals surface area contributed by atoms with Crippen LogP contribution in [-0.2, 0) is 0 Å². The summed E-state index contributed by atoms with van der Waals surface area (Å²) in [5.74, 6) is 1.05. The topological polar surface area (TPSA) is 42.1 Å². The van der Waals surface area contributed by atoms with Crippen molar-refractivity contribution >= 4 is 16.7 Å². The van der Waals surface area contributed by atoms with Crippen LogP contribution in [0.1, 0.15) is 12.5 Å². The lowest BCUT2D eigenvalue weighted by Gasteiger charge is -2.23. The second-order valence-corrected chi connectivity index (χ2v) is 4.19. The number of rotatable bonds is 4. The number of hydrogen-bond donors (Lipinski definition) is 1. The summed E-state index contributed by atoms with van der Waals surface area (Å²) in [6.45, 7) is 6.67. The molecule has 1 aromatic carbocycles. The number of hydrogen-bond acceptors (Lipinski definition) is 3. The first-order valence-corrected chi connectivity index (χ1v) is 6.07. The standard InChI is InChI=1S/C14H19N3/c1-3-17(9-8-15)14-11(2)10-12-6-4-5-7-13(12)16-14/h4-7,10H,3,8-9,15H2,1-2H3. The Morgan fingerprint density at radius 2 is 2.06 bits per heavy atom. The summed E-state index contributed by atoms with van der Waals surface area (Å²) in [6.07, 6.45) is 0. The fourth-order valence-electron chi connectivity index (χ4n) is 2.10. The van der Waals surface area contributed by atoms with Gasteiger partial charge in [0.25, 0.3) is 0 Å². The van der Waals surface area contributed by atoms with Crippen LogP contribution in [0.3, 0.4) is 0 Å². The number of likely N-dealkylation sites (N-methyl/N-ethyl adjacent to an activating group) is 1. The summed E-state index contributed by atoms with van der Waals surface area (Å²) in [5.41, 5.74) is 7.89. The maximum Gasteiger partial charge on any atom is 0.132 e. The van der Waals surface area contributed by atoms with Crippen molar-refractivity contribution in [3.8, 4) is 0 Å². The van der Waals surface area contributed by atoms with Crippen LogP contribution in [0.2, 0.25) is 0 Å². The molecule has 0 fully saturated rings. The van der Waals surface area contributed by atoms with Crippen LogP contribution in [0.5, 0.6) is 0 Å². The van der Waals surface area contributed by atoms with E-state index in [4.69, 9.17) is 10.7 Å². The molecule has 90 valence electrons. The fourth-order valence-corrected chi connectivity index (χ4v) is 2.10. The van der Waals surface area contributed by atoms with Crippen molar-refractivity contribution in [2.75, 3.05) is 24.5 Å². The molecule has 2 rings (SSSR count). The molecule has 0 aliphatic heterocycles. The molecular weight excluding hydrogens is 210 g/mol. The SMILES string of the molecule is CCN(CCN)c1nc2ccccc2cc1C. The molecule has 0 amide bonds. The minimum atomic E-state index is 0.655. The molecule has 3 heteroatoms. The lowest BCUT2D eigenvalue weighted by Crippen LogP contribution is -2.30. The third-order valence-corrected chi connectivity index (χ3v) is 2.97. The van der Waals surface area contributed by atoms with Gasteiger partial charge in [0.15, 0.2) is 0 Å². The lowest BCUT2D eigenvalue weighted by molar-refractivity contribution is 0.801. The van der Waals surface area contributed by atoms with Gasteiger partial charge in [0.1, 0.15) is 5.82 Å². The van der Waals surface area contributed by atoms with E-state index in [9.17, 15) is 0 Å². The van der Waals surface area contributed by atoms with Crippen LogP contribution in [0.15, 0.2) is 30.3 Å². The molecule has 17 heavy (non-hydrogen) atoms. The van der Waals surface area contributed by atoms with Crippen molar-refractivity contribution in [3.63, 3.8) is 0 Å². The molecule has 1 heterocycles. The van der Waals surface area contributed by atoms with Crippen LogP contribution < -0.4 is 10.6 Å². The van der Waals surface area contributed by atoms with Gasteiger partial charge < -0.3 is 10.6 Å². The normalized spacial score (nSPS) is 10.8. The Kier molecular flexibility index (Phi) is 3.59. The second kappa shape index (κ2) is 5.15. The molecule has 2 aromatic rings. The zero-order valence-electron chi connectivity index (χ0n) is 10.5. The molecule has 0 unspecified atom stereocenters. The highest BCUT2D eigenvalue weighted by molar-refractivity contribution is 5.81. The van der Waals surface area contributed by atoms with E-state index in [-0.39, 0.29) is 0 Å². The summed E-state index contributed by atoms with van der Waals surface area (Å²) in [6, 6.07) is 10.4. The Balaban J connectivity index is 2.49. The van der Waals surface area contributed by atoms with Gasteiger partial charge in [-0.3, -0.25) is 0 Å². The van der Waals surface area contributed by atoms with Crippen LogP contribution in [0.4, 0.5) is 5.82 Å². The Bertz CT molecular complexity index is 508. The predicted octanol–water partition coefficient (Wildman–Crippen LogP) is 2.33. The van der Waals surface area contributed by atoms with Gasteiger partial charge in [0.2, 0.25) is 0 Å². The van der Waals surface area contributed by atoms with E-state index in [1.807, 2.05) is 12.1 Å². The zero-order valence-corrected chi connectivity index (χ0v) is 10.5. The summed E-state index contributed by atoms with van der Waals surface area (Å²) in [7, 11) is 0. The van der Waals surface area contributed by atoms with Crippen molar-refractivity contribution in [3.05, 3.63) is 35.9 Å². The molecule has 0 aliphatic carbocycles. The first-order chi connectivity index (χ1) is 8.26. The maximum atomic E-state index is 5.64. The number of nitrogens with zero attached hydrogens (tertiary/aromatic N) is 2. The molecular formula is C14H19N3. The van der Waals surface area contributed by atoms with Gasteiger partial charge >= 0.3 is 0 Å². The third kappa shape index (κ3) is 2.39. The number of para-hydroxylation sites is 1. The van der Waals surface area contributed by atoms with Crippen LogP contribution >= 0.6 is 0 Å². The minimum absolute atomic E-state index is 0.655. The van der Waals surface area contributed by atoms with Crippen molar-refractivity contribution in [2.45, 2.75) is 13.8 Å². The molecule has 0 spiro atoms. The maximum absolute atomic E-state index is 5.64. The molecule has 2 N–H and O–H groups in total. The molecule has 0 bridgehead atoms. The van der Waals surface area contributed by atoms with E-state index in [0.717, 1.165) is 24.4 Å². The molecule has 0 saturated carbocycles. The molecule has 0 saturated heterocycles. The lowest BCUT2D eigenvalue weighted by atomic mass is 10.1. The Morgan fingerprint density at radius 1 is 1.29 bits per heavy atom. The number of aromatic nitrogens is 1. The van der Waals surface area contributed by atoms with E-state index in [0.29, 0.717) is 6.54 Å². The molecule has 3 nitrogen and oxygen atoms in total. The van der Waals surface area contributed by atoms with E-state index in [1.165, 1.54) is 10.9 Å². The number of anilines is 1.